The third-order valence-corrected chi connectivity index (χ3v) is 6.82. The molecule has 0 aliphatic heterocycles. The van der Waals surface area contributed by atoms with E-state index in [2.05, 4.69) is 15.4 Å². The minimum atomic E-state index is -3.76. The van der Waals surface area contributed by atoms with Gasteiger partial charge >= 0.3 is 5.97 Å². The predicted molar refractivity (Wildman–Crippen MR) is 130 cm³/mol. The van der Waals surface area contributed by atoms with Crippen molar-refractivity contribution in [1.29, 1.82) is 0 Å². The number of thiocarbonyl (C=S) groups is 1. The van der Waals surface area contributed by atoms with E-state index in [4.69, 9.17) is 21.7 Å². The van der Waals surface area contributed by atoms with Gasteiger partial charge in [0.1, 0.15) is 10.8 Å². The molecule has 3 rings (SSSR count). The molecule has 0 aliphatic carbocycles. The summed E-state index contributed by atoms with van der Waals surface area (Å²) in [5.41, 5.74) is 1.40. The lowest BCUT2D eigenvalue weighted by molar-refractivity contribution is 0.0602. The van der Waals surface area contributed by atoms with Crippen molar-refractivity contribution in [2.24, 2.45) is 0 Å². The molecule has 0 spiro atoms. The van der Waals surface area contributed by atoms with Gasteiger partial charge in [-0.15, -0.1) is 11.3 Å². The summed E-state index contributed by atoms with van der Waals surface area (Å²) in [6.45, 7) is 1.87. The van der Waals surface area contributed by atoms with E-state index < -0.39 is 16.0 Å². The molecule has 3 N–H and O–H groups in total. The van der Waals surface area contributed by atoms with E-state index in [1.807, 2.05) is 6.92 Å². The van der Waals surface area contributed by atoms with E-state index in [1.54, 1.807) is 42.5 Å². The lowest BCUT2D eigenvalue weighted by Gasteiger charge is -2.12. The van der Waals surface area contributed by atoms with Crippen LogP contribution in [0.25, 0.3) is 0 Å². The van der Waals surface area contributed by atoms with Crippen LogP contribution in [0.5, 0.6) is 5.75 Å². The SMILES string of the molecule is COC(=O)c1cc(C)sc1NC(=S)Nc1ccc(S(=O)(=O)Nc2ccc(OC)cc2)cc1. The number of sulfonamides is 1. The number of methoxy groups -OCH3 is 2. The molecule has 1 aromatic heterocycles. The first kappa shape index (κ1) is 23.5. The van der Waals surface area contributed by atoms with Gasteiger partial charge in [-0.25, -0.2) is 13.2 Å². The van der Waals surface area contributed by atoms with Gasteiger partial charge in [0, 0.05) is 16.3 Å². The molecule has 11 heteroatoms. The lowest BCUT2D eigenvalue weighted by Crippen LogP contribution is -2.20. The zero-order valence-electron chi connectivity index (χ0n) is 17.5. The van der Waals surface area contributed by atoms with E-state index >= 15 is 0 Å². The van der Waals surface area contributed by atoms with Crippen LogP contribution in [-0.4, -0.2) is 33.7 Å². The summed E-state index contributed by atoms with van der Waals surface area (Å²) < 4.78 is 37.6. The first-order valence-electron chi connectivity index (χ1n) is 9.25. The van der Waals surface area contributed by atoms with E-state index in [9.17, 15) is 13.2 Å². The van der Waals surface area contributed by atoms with E-state index in [0.717, 1.165) is 4.88 Å². The maximum absolute atomic E-state index is 12.6. The van der Waals surface area contributed by atoms with Crippen molar-refractivity contribution in [2.75, 3.05) is 29.6 Å². The van der Waals surface area contributed by atoms with Gasteiger partial charge in [-0.05, 0) is 73.7 Å². The normalized spacial score (nSPS) is 10.8. The third-order valence-electron chi connectivity index (χ3n) is 4.25. The van der Waals surface area contributed by atoms with Crippen LogP contribution >= 0.6 is 23.6 Å². The molecule has 0 aliphatic rings. The molecule has 0 radical (unpaired) electrons. The maximum Gasteiger partial charge on any atom is 0.340 e. The van der Waals surface area contributed by atoms with Crippen LogP contribution in [0.4, 0.5) is 16.4 Å². The van der Waals surface area contributed by atoms with Crippen molar-refractivity contribution in [3.63, 3.8) is 0 Å². The average molecular weight is 492 g/mol. The Morgan fingerprint density at radius 3 is 2.19 bits per heavy atom. The zero-order chi connectivity index (χ0) is 23.3. The van der Waals surface area contributed by atoms with Crippen LogP contribution in [0.3, 0.4) is 0 Å². The summed E-state index contributed by atoms with van der Waals surface area (Å²) in [5, 5.41) is 6.77. The second kappa shape index (κ2) is 9.98. The van der Waals surface area contributed by atoms with Crippen LogP contribution in [-0.2, 0) is 14.8 Å². The van der Waals surface area contributed by atoms with Crippen molar-refractivity contribution >= 4 is 61.0 Å². The Morgan fingerprint density at radius 2 is 1.59 bits per heavy atom. The number of esters is 1. The Morgan fingerprint density at radius 1 is 0.969 bits per heavy atom. The third kappa shape index (κ3) is 5.75. The van der Waals surface area contributed by atoms with Crippen LogP contribution < -0.4 is 20.1 Å². The summed E-state index contributed by atoms with van der Waals surface area (Å²) >= 11 is 6.69. The quantitative estimate of drug-likeness (QED) is 0.329. The number of hydrogen-bond acceptors (Lipinski definition) is 7. The first-order chi connectivity index (χ1) is 15.2. The minimum absolute atomic E-state index is 0.0969. The Bertz CT molecular complexity index is 1220. The number of anilines is 3. The molecule has 0 amide bonds. The minimum Gasteiger partial charge on any atom is -0.497 e. The van der Waals surface area contributed by atoms with Crippen LogP contribution in [0.15, 0.2) is 59.5 Å². The number of carbonyl (C=O) groups excluding carboxylic acids is 1. The Kier molecular flexibility index (Phi) is 7.33. The molecule has 32 heavy (non-hydrogen) atoms. The van der Waals surface area contributed by atoms with Gasteiger partial charge in [-0.2, -0.15) is 0 Å². The highest BCUT2D eigenvalue weighted by Crippen LogP contribution is 2.28. The Hall–Kier alpha value is -3.15. The van der Waals surface area contributed by atoms with Gasteiger partial charge in [0.25, 0.3) is 10.0 Å². The number of ether oxygens (including phenoxy) is 2. The number of benzene rings is 2. The van der Waals surface area contributed by atoms with Crippen molar-refractivity contribution < 1.29 is 22.7 Å². The molecule has 168 valence electrons. The average Bonchev–Trinajstić information content (AvgIpc) is 3.13. The smallest absolute Gasteiger partial charge is 0.340 e. The van der Waals surface area contributed by atoms with Gasteiger partial charge in [0.15, 0.2) is 5.11 Å². The standard InChI is InChI=1S/C21H21N3O5S3/c1-13-12-18(20(25)29-3)19(31-13)23-21(30)22-14-6-10-17(11-7-14)32(26,27)24-15-4-8-16(28-2)9-5-15/h4-12,24H,1-3H3,(H2,22,23,30). The molecule has 3 aromatic rings. The molecule has 0 saturated heterocycles. The summed E-state index contributed by atoms with van der Waals surface area (Å²) in [6.07, 6.45) is 0. The fourth-order valence-electron chi connectivity index (χ4n) is 2.72. The largest absolute Gasteiger partial charge is 0.497 e. The highest BCUT2D eigenvalue weighted by atomic mass is 32.2. The summed E-state index contributed by atoms with van der Waals surface area (Å²) in [7, 11) is -0.907. The number of aryl methyl sites for hydroxylation is 1. The molecule has 0 saturated carbocycles. The number of carbonyl (C=O) groups is 1. The van der Waals surface area contributed by atoms with Crippen LogP contribution in [0.2, 0.25) is 0 Å². The topological polar surface area (TPSA) is 106 Å². The summed E-state index contributed by atoms with van der Waals surface area (Å²) in [6, 6.07) is 14.4. The Labute approximate surface area is 195 Å². The van der Waals surface area contributed by atoms with E-state index in [0.29, 0.717) is 27.7 Å². The van der Waals surface area contributed by atoms with Gasteiger partial charge in [0.05, 0.1) is 24.7 Å². The number of rotatable bonds is 7. The number of hydrogen-bond donors (Lipinski definition) is 3. The zero-order valence-corrected chi connectivity index (χ0v) is 19.9. The molecule has 2 aromatic carbocycles. The summed E-state index contributed by atoms with van der Waals surface area (Å²) in [4.78, 5) is 12.9. The second-order valence-electron chi connectivity index (χ2n) is 6.53. The van der Waals surface area contributed by atoms with E-state index in [1.165, 1.54) is 37.7 Å². The molecule has 0 unspecified atom stereocenters. The Balaban J connectivity index is 1.66. The highest BCUT2D eigenvalue weighted by Gasteiger charge is 2.17. The van der Waals surface area contributed by atoms with E-state index in [-0.39, 0.29) is 10.0 Å². The molecule has 8 nitrogen and oxygen atoms in total. The molecular weight excluding hydrogens is 470 g/mol. The van der Waals surface area contributed by atoms with Gasteiger partial charge < -0.3 is 20.1 Å². The lowest BCUT2D eigenvalue weighted by atomic mass is 10.3. The number of thiophene rings is 1. The van der Waals surface area contributed by atoms with Gasteiger partial charge in [0.2, 0.25) is 0 Å². The van der Waals surface area contributed by atoms with Crippen LogP contribution in [0, 0.1) is 6.92 Å². The van der Waals surface area contributed by atoms with Crippen molar-refractivity contribution in [3.05, 3.63) is 65.0 Å². The highest BCUT2D eigenvalue weighted by molar-refractivity contribution is 7.92. The fourth-order valence-corrected chi connectivity index (χ4v) is 4.97. The predicted octanol–water partition coefficient (Wildman–Crippen LogP) is 4.46. The molecule has 0 atom stereocenters. The first-order valence-corrected chi connectivity index (χ1v) is 12.0. The van der Waals surface area contributed by atoms with Gasteiger partial charge in [-0.3, -0.25) is 4.72 Å². The molecule has 0 bridgehead atoms. The molecular formula is C21H21N3O5S3. The van der Waals surface area contributed by atoms with Gasteiger partial charge in [-0.1, -0.05) is 0 Å². The monoisotopic (exact) mass is 491 g/mol. The summed E-state index contributed by atoms with van der Waals surface area (Å²) in [5.74, 6) is 0.169. The van der Waals surface area contributed by atoms with Crippen LogP contribution in [0.1, 0.15) is 15.2 Å². The second-order valence-corrected chi connectivity index (χ2v) is 9.88. The maximum atomic E-state index is 12.6. The fraction of sp³-hybridized carbons (Fsp3) is 0.143. The molecule has 1 heterocycles. The molecule has 0 fully saturated rings. The number of nitrogens with one attached hydrogen (secondary N) is 3. The van der Waals surface area contributed by atoms with Crippen molar-refractivity contribution in [3.8, 4) is 5.75 Å². The van der Waals surface area contributed by atoms with Crippen molar-refractivity contribution in [2.45, 2.75) is 11.8 Å². The van der Waals surface area contributed by atoms with Crippen molar-refractivity contribution in [1.82, 2.24) is 0 Å².